The molecule has 106 valence electrons. The molecule has 4 atom stereocenters. The molecular formula is C17H22NO2+. The van der Waals surface area contributed by atoms with Gasteiger partial charge in [-0.2, -0.15) is 0 Å². The fourth-order valence-corrected chi connectivity index (χ4v) is 3.81. The number of hydrogen-bond donors (Lipinski definition) is 1. The maximum Gasteiger partial charge on any atom is 0.161 e. The molecule has 0 unspecified atom stereocenters. The van der Waals surface area contributed by atoms with Gasteiger partial charge in [-0.1, -0.05) is 12.2 Å². The number of nitrogens with two attached hydrogens (primary N) is 1. The van der Waals surface area contributed by atoms with Gasteiger partial charge < -0.3 is 14.8 Å². The minimum Gasteiger partial charge on any atom is -0.486 e. The van der Waals surface area contributed by atoms with Crippen LogP contribution in [0, 0.1) is 11.8 Å². The highest BCUT2D eigenvalue weighted by Crippen LogP contribution is 2.41. The first-order valence-corrected chi connectivity index (χ1v) is 7.72. The Morgan fingerprint density at radius 2 is 2.05 bits per heavy atom. The molecule has 3 aliphatic rings. The lowest BCUT2D eigenvalue weighted by atomic mass is 9.71. The summed E-state index contributed by atoms with van der Waals surface area (Å²) in [5, 5.41) is 2.53. The molecule has 0 spiro atoms. The summed E-state index contributed by atoms with van der Waals surface area (Å²) in [6.07, 6.45) is 7.45. The lowest BCUT2D eigenvalue weighted by Crippen LogP contribution is -2.94. The first kappa shape index (κ1) is 12.3. The molecule has 20 heavy (non-hydrogen) atoms. The average molecular weight is 272 g/mol. The second-order valence-corrected chi connectivity index (χ2v) is 6.29. The summed E-state index contributed by atoms with van der Waals surface area (Å²) in [5.74, 6) is 3.54. The Morgan fingerprint density at radius 3 is 2.90 bits per heavy atom. The van der Waals surface area contributed by atoms with Crippen LogP contribution in [0.2, 0.25) is 0 Å². The highest BCUT2D eigenvalue weighted by atomic mass is 16.6. The molecule has 1 aliphatic heterocycles. The summed E-state index contributed by atoms with van der Waals surface area (Å²) < 4.78 is 11.3. The first-order valence-electron chi connectivity index (χ1n) is 7.72. The highest BCUT2D eigenvalue weighted by molar-refractivity contribution is 5.44. The summed E-state index contributed by atoms with van der Waals surface area (Å²) >= 11 is 0. The van der Waals surface area contributed by atoms with E-state index in [1.54, 1.807) is 0 Å². The largest absolute Gasteiger partial charge is 0.486 e. The van der Waals surface area contributed by atoms with E-state index in [4.69, 9.17) is 9.47 Å². The normalized spacial score (nSPS) is 31.6. The Kier molecular flexibility index (Phi) is 2.95. The van der Waals surface area contributed by atoms with Crippen LogP contribution >= 0.6 is 0 Å². The maximum atomic E-state index is 5.68. The van der Waals surface area contributed by atoms with E-state index < -0.39 is 0 Å². The minimum absolute atomic E-state index is 0.478. The molecule has 1 fully saturated rings. The maximum absolute atomic E-state index is 5.68. The third-order valence-electron chi connectivity index (χ3n) is 5.04. The highest BCUT2D eigenvalue weighted by Gasteiger charge is 2.44. The van der Waals surface area contributed by atoms with Gasteiger partial charge in [-0.05, 0) is 37.5 Å². The second kappa shape index (κ2) is 4.81. The fourth-order valence-electron chi connectivity index (χ4n) is 3.81. The summed E-state index contributed by atoms with van der Waals surface area (Å²) in [6, 6.07) is 7.62. The van der Waals surface area contributed by atoms with Crippen molar-refractivity contribution in [2.24, 2.45) is 11.8 Å². The van der Waals surface area contributed by atoms with E-state index in [1.807, 2.05) is 6.07 Å². The number of benzene rings is 1. The van der Waals surface area contributed by atoms with Gasteiger partial charge in [-0.25, -0.2) is 0 Å². The summed E-state index contributed by atoms with van der Waals surface area (Å²) in [6.45, 7) is 3.61. The van der Waals surface area contributed by atoms with Gasteiger partial charge in [0.15, 0.2) is 11.5 Å². The van der Waals surface area contributed by atoms with Crippen molar-refractivity contribution in [3.8, 4) is 11.5 Å². The van der Waals surface area contributed by atoms with Crippen LogP contribution in [0.15, 0.2) is 30.4 Å². The summed E-state index contributed by atoms with van der Waals surface area (Å²) in [7, 11) is 0. The van der Waals surface area contributed by atoms with Crippen LogP contribution in [-0.4, -0.2) is 19.3 Å². The second-order valence-electron chi connectivity index (χ2n) is 6.29. The zero-order valence-corrected chi connectivity index (χ0v) is 11.9. The third-order valence-corrected chi connectivity index (χ3v) is 5.04. The van der Waals surface area contributed by atoms with Gasteiger partial charge in [0.05, 0.1) is 6.04 Å². The molecule has 2 aliphatic carbocycles. The Labute approximate surface area is 120 Å². The number of fused-ring (bicyclic) bond motifs is 2. The van der Waals surface area contributed by atoms with E-state index in [2.05, 4.69) is 36.5 Å². The van der Waals surface area contributed by atoms with Crippen LogP contribution in [0.1, 0.15) is 31.4 Å². The molecule has 0 radical (unpaired) electrons. The van der Waals surface area contributed by atoms with Crippen LogP contribution in [0.5, 0.6) is 11.5 Å². The molecular weight excluding hydrogens is 250 g/mol. The molecule has 3 nitrogen and oxygen atoms in total. The Balaban J connectivity index is 1.45. The zero-order chi connectivity index (χ0) is 13.5. The topological polar surface area (TPSA) is 35.1 Å². The monoisotopic (exact) mass is 272 g/mol. The zero-order valence-electron chi connectivity index (χ0n) is 11.9. The Hall–Kier alpha value is -1.48. The van der Waals surface area contributed by atoms with E-state index >= 15 is 0 Å². The number of rotatable bonds is 3. The lowest BCUT2D eigenvalue weighted by Gasteiger charge is -2.39. The predicted molar refractivity (Wildman–Crippen MR) is 76.9 cm³/mol. The molecule has 1 heterocycles. The van der Waals surface area contributed by atoms with Gasteiger partial charge in [-0.3, -0.25) is 0 Å². The van der Waals surface area contributed by atoms with Crippen molar-refractivity contribution in [2.75, 3.05) is 13.2 Å². The van der Waals surface area contributed by atoms with E-state index in [0.29, 0.717) is 19.3 Å². The molecule has 0 saturated heterocycles. The quantitative estimate of drug-likeness (QED) is 0.855. The number of quaternary nitrogens is 1. The van der Waals surface area contributed by atoms with Gasteiger partial charge in [0, 0.05) is 17.9 Å². The van der Waals surface area contributed by atoms with E-state index in [0.717, 1.165) is 29.4 Å². The first-order chi connectivity index (χ1) is 9.81. The van der Waals surface area contributed by atoms with E-state index in [9.17, 15) is 0 Å². The van der Waals surface area contributed by atoms with Crippen LogP contribution in [0.3, 0.4) is 0 Å². The molecule has 2 N–H and O–H groups in total. The Bertz CT molecular complexity index is 540. The molecule has 0 aromatic heterocycles. The number of allylic oxidation sites excluding steroid dienone is 1. The Morgan fingerprint density at radius 1 is 1.20 bits per heavy atom. The van der Waals surface area contributed by atoms with Crippen molar-refractivity contribution in [1.82, 2.24) is 0 Å². The van der Waals surface area contributed by atoms with Crippen LogP contribution in [-0.2, 0) is 0 Å². The third kappa shape index (κ3) is 2.01. The van der Waals surface area contributed by atoms with Crippen molar-refractivity contribution < 1.29 is 14.8 Å². The lowest BCUT2D eigenvalue weighted by molar-refractivity contribution is -0.741. The average Bonchev–Trinajstić information content (AvgIpc) is 2.85. The van der Waals surface area contributed by atoms with Crippen molar-refractivity contribution in [3.63, 3.8) is 0 Å². The van der Waals surface area contributed by atoms with Gasteiger partial charge in [-0.15, -0.1) is 0 Å². The van der Waals surface area contributed by atoms with Crippen molar-refractivity contribution >= 4 is 0 Å². The van der Waals surface area contributed by atoms with Gasteiger partial charge in [0.1, 0.15) is 19.3 Å². The summed E-state index contributed by atoms with van der Waals surface area (Å²) in [5.41, 5.74) is 1.33. The number of ether oxygens (including phenoxy) is 2. The molecule has 0 bridgehead atoms. The SMILES string of the molecule is C[C@@H]([NH2+][C@@H]1C[C@H]2CC=C[C@@H]21)c1ccc2c(c1)OCCO2. The van der Waals surface area contributed by atoms with Crippen molar-refractivity contribution in [1.29, 1.82) is 0 Å². The van der Waals surface area contributed by atoms with Gasteiger partial charge in [0.25, 0.3) is 0 Å². The van der Waals surface area contributed by atoms with Gasteiger partial charge >= 0.3 is 0 Å². The van der Waals surface area contributed by atoms with Gasteiger partial charge in [0.2, 0.25) is 0 Å². The predicted octanol–water partition coefficient (Wildman–Crippen LogP) is 2.05. The molecule has 0 amide bonds. The summed E-state index contributed by atoms with van der Waals surface area (Å²) in [4.78, 5) is 0. The number of hydrogen-bond acceptors (Lipinski definition) is 2. The molecule has 3 heteroatoms. The molecule has 4 rings (SSSR count). The van der Waals surface area contributed by atoms with Crippen molar-refractivity contribution in [2.45, 2.75) is 31.8 Å². The molecule has 1 aromatic rings. The van der Waals surface area contributed by atoms with Crippen LogP contribution in [0.25, 0.3) is 0 Å². The smallest absolute Gasteiger partial charge is 0.161 e. The minimum atomic E-state index is 0.478. The standard InChI is InChI=1S/C17H21NO2/c1-11(18-15-9-13-3-2-4-14(13)15)12-5-6-16-17(10-12)20-8-7-19-16/h2,4-6,10-11,13-15,18H,3,7-9H2,1H3/p+1/t11-,13-,14+,15-/m1/s1. The van der Waals surface area contributed by atoms with Crippen LogP contribution in [0.4, 0.5) is 0 Å². The van der Waals surface area contributed by atoms with Crippen LogP contribution < -0.4 is 14.8 Å². The molecule has 1 saturated carbocycles. The van der Waals surface area contributed by atoms with E-state index in [1.165, 1.54) is 18.4 Å². The fraction of sp³-hybridized carbons (Fsp3) is 0.529. The van der Waals surface area contributed by atoms with E-state index in [-0.39, 0.29) is 0 Å². The molecule has 1 aromatic carbocycles. The van der Waals surface area contributed by atoms with Crippen molar-refractivity contribution in [3.05, 3.63) is 35.9 Å².